The van der Waals surface area contributed by atoms with Crippen molar-refractivity contribution in [3.05, 3.63) is 102 Å². The van der Waals surface area contributed by atoms with Crippen LogP contribution < -0.4 is 0 Å². The van der Waals surface area contributed by atoms with Gasteiger partial charge >= 0.3 is 0 Å². The minimum atomic E-state index is -0.780. The molecule has 3 aromatic carbocycles. The lowest BCUT2D eigenvalue weighted by molar-refractivity contribution is -0.228. The molecule has 3 aromatic rings. The van der Waals surface area contributed by atoms with Gasteiger partial charge in [0.2, 0.25) is 0 Å². The quantitative estimate of drug-likeness (QED) is 0.535. The number of benzene rings is 3. The normalized spacial score (nSPS) is 25.9. The Bertz CT molecular complexity index is 906. The Labute approximate surface area is 188 Å². The Morgan fingerprint density at radius 3 is 1.77 bits per heavy atom. The van der Waals surface area contributed by atoms with Crippen LogP contribution in [0.25, 0.3) is 0 Å². The fourth-order valence-electron chi connectivity index (χ4n) is 3.61. The zero-order chi connectivity index (χ0) is 21.5. The third-order valence-corrected chi connectivity index (χ3v) is 6.48. The van der Waals surface area contributed by atoms with E-state index in [1.807, 2.05) is 85.8 Å². The van der Waals surface area contributed by atoms with E-state index in [9.17, 15) is 5.11 Å². The molecule has 1 N–H and O–H groups in total. The molecule has 0 spiro atoms. The third-order valence-electron chi connectivity index (χ3n) is 5.32. The van der Waals surface area contributed by atoms with Gasteiger partial charge in [0.25, 0.3) is 0 Å². The summed E-state index contributed by atoms with van der Waals surface area (Å²) >= 11 is 1.60. The molecule has 1 fully saturated rings. The average Bonchev–Trinajstić information content (AvgIpc) is 2.81. The van der Waals surface area contributed by atoms with Crippen molar-refractivity contribution in [3.8, 4) is 0 Å². The molecular formula is C26H28O4S. The Hall–Kier alpha value is -2.15. The molecule has 162 valence electrons. The number of thioether (sulfide) groups is 1. The highest BCUT2D eigenvalue weighted by atomic mass is 32.2. The van der Waals surface area contributed by atoms with Crippen LogP contribution in [0.2, 0.25) is 0 Å². The second-order valence-electron chi connectivity index (χ2n) is 7.65. The second kappa shape index (κ2) is 10.9. The lowest BCUT2D eigenvalue weighted by Crippen LogP contribution is -2.57. The number of aliphatic hydroxyl groups excluding tert-OH is 1. The summed E-state index contributed by atoms with van der Waals surface area (Å²) in [7, 11) is 0. The lowest BCUT2D eigenvalue weighted by atomic mass is 10.00. The molecule has 0 saturated carbocycles. The molecule has 1 saturated heterocycles. The van der Waals surface area contributed by atoms with Gasteiger partial charge in [-0.2, -0.15) is 0 Å². The number of aliphatic hydroxyl groups is 1. The van der Waals surface area contributed by atoms with Gasteiger partial charge in [-0.25, -0.2) is 0 Å². The summed E-state index contributed by atoms with van der Waals surface area (Å²) in [5, 5.41) is 10.9. The smallest absolute Gasteiger partial charge is 0.136 e. The zero-order valence-corrected chi connectivity index (χ0v) is 18.4. The molecule has 4 rings (SSSR count). The van der Waals surface area contributed by atoms with Crippen LogP contribution in [0.5, 0.6) is 0 Å². The molecule has 1 heterocycles. The van der Waals surface area contributed by atoms with Crippen LogP contribution in [0.1, 0.15) is 18.1 Å². The lowest BCUT2D eigenvalue weighted by Gasteiger charge is -2.43. The zero-order valence-electron chi connectivity index (χ0n) is 17.5. The van der Waals surface area contributed by atoms with Gasteiger partial charge < -0.3 is 19.3 Å². The van der Waals surface area contributed by atoms with E-state index in [-0.39, 0.29) is 11.5 Å². The third kappa shape index (κ3) is 5.97. The average molecular weight is 437 g/mol. The van der Waals surface area contributed by atoms with E-state index in [1.54, 1.807) is 11.8 Å². The predicted molar refractivity (Wildman–Crippen MR) is 123 cm³/mol. The highest BCUT2D eigenvalue weighted by Crippen LogP contribution is 2.36. The minimum absolute atomic E-state index is 0.301. The fraction of sp³-hybridized carbons (Fsp3) is 0.308. The van der Waals surface area contributed by atoms with Crippen molar-refractivity contribution >= 4 is 11.8 Å². The Balaban J connectivity index is 1.54. The van der Waals surface area contributed by atoms with Crippen LogP contribution in [0.4, 0.5) is 0 Å². The largest absolute Gasteiger partial charge is 0.388 e. The van der Waals surface area contributed by atoms with Gasteiger partial charge in [0.15, 0.2) is 0 Å². The van der Waals surface area contributed by atoms with Gasteiger partial charge in [0.05, 0.1) is 19.3 Å². The first-order valence-corrected chi connectivity index (χ1v) is 11.4. The van der Waals surface area contributed by atoms with Crippen molar-refractivity contribution in [1.29, 1.82) is 0 Å². The fourth-order valence-corrected chi connectivity index (χ4v) is 4.79. The minimum Gasteiger partial charge on any atom is -0.388 e. The number of hydrogen-bond acceptors (Lipinski definition) is 5. The van der Waals surface area contributed by atoms with Crippen molar-refractivity contribution in [2.45, 2.75) is 54.9 Å². The highest BCUT2D eigenvalue weighted by molar-refractivity contribution is 7.99. The number of rotatable bonds is 8. The molecule has 0 aliphatic carbocycles. The number of hydrogen-bond donors (Lipinski definition) is 1. The molecule has 0 bridgehead atoms. The second-order valence-corrected chi connectivity index (χ2v) is 8.83. The molecule has 5 unspecified atom stereocenters. The summed E-state index contributed by atoms with van der Waals surface area (Å²) in [6.07, 6.45) is -2.08. The summed E-state index contributed by atoms with van der Waals surface area (Å²) < 4.78 is 18.8. The molecule has 0 amide bonds. The Morgan fingerprint density at radius 1 is 0.742 bits per heavy atom. The van der Waals surface area contributed by atoms with E-state index in [0.717, 1.165) is 16.0 Å². The van der Waals surface area contributed by atoms with E-state index in [4.69, 9.17) is 14.2 Å². The molecule has 5 heteroatoms. The summed E-state index contributed by atoms with van der Waals surface area (Å²) in [6.45, 7) is 2.71. The molecule has 4 nitrogen and oxygen atoms in total. The molecule has 1 aliphatic rings. The first-order valence-electron chi connectivity index (χ1n) is 10.6. The van der Waals surface area contributed by atoms with Crippen LogP contribution in [0.15, 0.2) is 95.9 Å². The maximum atomic E-state index is 10.9. The van der Waals surface area contributed by atoms with E-state index in [0.29, 0.717) is 13.2 Å². The van der Waals surface area contributed by atoms with Crippen molar-refractivity contribution in [3.63, 3.8) is 0 Å². The van der Waals surface area contributed by atoms with E-state index in [2.05, 4.69) is 12.1 Å². The maximum Gasteiger partial charge on any atom is 0.136 e. The molecule has 5 atom stereocenters. The summed E-state index contributed by atoms with van der Waals surface area (Å²) in [5.41, 5.74) is 1.83. The first-order chi connectivity index (χ1) is 15.2. The Morgan fingerprint density at radius 2 is 1.23 bits per heavy atom. The van der Waals surface area contributed by atoms with Crippen LogP contribution in [0.3, 0.4) is 0 Å². The van der Waals surface area contributed by atoms with Gasteiger partial charge in [-0.05, 0) is 30.2 Å². The van der Waals surface area contributed by atoms with Crippen molar-refractivity contribution < 1.29 is 19.3 Å². The predicted octanol–water partition coefficient (Wildman–Crippen LogP) is 5.06. The van der Waals surface area contributed by atoms with Gasteiger partial charge in [-0.3, -0.25) is 0 Å². The Kier molecular flexibility index (Phi) is 7.78. The van der Waals surface area contributed by atoms with Crippen LogP contribution in [-0.4, -0.2) is 35.0 Å². The SMILES string of the molecule is CC1OC(Sc2ccccc2)C(OCc2ccccc2)C(OCc2ccccc2)C1O. The van der Waals surface area contributed by atoms with Crippen molar-refractivity contribution in [2.75, 3.05) is 0 Å². The first kappa shape index (κ1) is 22.1. The van der Waals surface area contributed by atoms with E-state index >= 15 is 0 Å². The summed E-state index contributed by atoms with van der Waals surface area (Å²) in [6, 6.07) is 30.1. The molecule has 31 heavy (non-hydrogen) atoms. The molecule has 0 aromatic heterocycles. The van der Waals surface area contributed by atoms with Crippen LogP contribution >= 0.6 is 11.8 Å². The summed E-state index contributed by atoms with van der Waals surface area (Å²) in [5.74, 6) is 0. The van der Waals surface area contributed by atoms with Crippen LogP contribution in [-0.2, 0) is 27.4 Å². The monoisotopic (exact) mass is 436 g/mol. The van der Waals surface area contributed by atoms with E-state index < -0.39 is 18.3 Å². The highest BCUT2D eigenvalue weighted by Gasteiger charge is 2.45. The molecule has 1 aliphatic heterocycles. The standard InChI is InChI=1S/C26H28O4S/c1-19-23(27)24(28-17-20-11-5-2-6-12-20)25(29-18-21-13-7-3-8-14-21)26(30-19)31-22-15-9-4-10-16-22/h2-16,19,23-27H,17-18H2,1H3. The molecule has 0 radical (unpaired) electrons. The van der Waals surface area contributed by atoms with Gasteiger partial charge in [0.1, 0.15) is 23.7 Å². The summed E-state index contributed by atoms with van der Waals surface area (Å²) in [4.78, 5) is 1.09. The van der Waals surface area contributed by atoms with Gasteiger partial charge in [-0.1, -0.05) is 90.6 Å². The van der Waals surface area contributed by atoms with E-state index in [1.165, 1.54) is 0 Å². The van der Waals surface area contributed by atoms with Gasteiger partial charge in [0, 0.05) is 4.90 Å². The van der Waals surface area contributed by atoms with Crippen molar-refractivity contribution in [2.24, 2.45) is 0 Å². The topological polar surface area (TPSA) is 47.9 Å². The molecular weight excluding hydrogens is 408 g/mol. The van der Waals surface area contributed by atoms with Crippen molar-refractivity contribution in [1.82, 2.24) is 0 Å². The maximum absolute atomic E-state index is 10.9. The van der Waals surface area contributed by atoms with Gasteiger partial charge in [-0.15, -0.1) is 0 Å². The number of ether oxygens (including phenoxy) is 3. The van der Waals surface area contributed by atoms with Crippen LogP contribution in [0, 0.1) is 0 Å².